The van der Waals surface area contributed by atoms with E-state index in [1.54, 1.807) is 0 Å². The minimum atomic E-state index is -2.30. The zero-order chi connectivity index (χ0) is 14.4. The molecule has 0 aromatic carbocycles. The Balaban J connectivity index is 2.56. The van der Waals surface area contributed by atoms with Crippen LogP contribution in [0.3, 0.4) is 0 Å². The van der Waals surface area contributed by atoms with Crippen molar-refractivity contribution in [3.63, 3.8) is 0 Å². The third-order valence-corrected chi connectivity index (χ3v) is 2.99. The highest BCUT2D eigenvalue weighted by molar-refractivity contribution is 5.92. The zero-order valence-electron chi connectivity index (χ0n) is 10.4. The molecule has 9 heteroatoms. The molecule has 0 spiro atoms. The third-order valence-electron chi connectivity index (χ3n) is 2.99. The molecular formula is C10H14N2O7. The molecule has 2 aliphatic heterocycles. The van der Waals surface area contributed by atoms with Gasteiger partial charge in [0.05, 0.1) is 12.8 Å². The monoisotopic (exact) mass is 274 g/mol. The molecule has 0 aliphatic carbocycles. The van der Waals surface area contributed by atoms with Crippen LogP contribution in [0.1, 0.15) is 12.8 Å². The maximum absolute atomic E-state index is 11.9. The van der Waals surface area contributed by atoms with E-state index in [0.717, 1.165) is 0 Å². The molecule has 0 radical (unpaired) electrons. The minimum Gasteiger partial charge on any atom is -0.436 e. The van der Waals surface area contributed by atoms with E-state index in [9.17, 15) is 19.5 Å². The highest BCUT2D eigenvalue weighted by atomic mass is 16.8. The van der Waals surface area contributed by atoms with Crippen molar-refractivity contribution in [3.8, 4) is 0 Å². The van der Waals surface area contributed by atoms with Crippen LogP contribution in [0, 0.1) is 0 Å². The highest BCUT2D eigenvalue weighted by Crippen LogP contribution is 2.34. The van der Waals surface area contributed by atoms with Crippen LogP contribution in [0.15, 0.2) is 0 Å². The molecule has 3 N–H and O–H groups in total. The number of carbonyl (C=O) groups is 3. The molecule has 3 atom stereocenters. The Labute approximate surface area is 108 Å². The fourth-order valence-corrected chi connectivity index (χ4v) is 1.94. The Hall–Kier alpha value is -1.71. The van der Waals surface area contributed by atoms with Crippen LogP contribution in [-0.4, -0.2) is 59.7 Å². The first-order chi connectivity index (χ1) is 8.69. The first kappa shape index (κ1) is 13.7. The van der Waals surface area contributed by atoms with Gasteiger partial charge in [-0.3, -0.25) is 15.3 Å². The van der Waals surface area contributed by atoms with Crippen LogP contribution in [0.2, 0.25) is 0 Å². The first-order valence-corrected chi connectivity index (χ1v) is 5.50. The summed E-state index contributed by atoms with van der Waals surface area (Å²) < 4.78 is 14.8. The second-order valence-electron chi connectivity index (χ2n) is 4.68. The van der Waals surface area contributed by atoms with Crippen LogP contribution >= 0.6 is 0 Å². The molecule has 2 aliphatic rings. The van der Waals surface area contributed by atoms with Gasteiger partial charge in [-0.05, 0) is 14.1 Å². The molecule has 0 amide bonds. The van der Waals surface area contributed by atoms with E-state index >= 15 is 0 Å². The van der Waals surface area contributed by atoms with Crippen LogP contribution in [0.5, 0.6) is 0 Å². The Bertz CT molecular complexity index is 451. The van der Waals surface area contributed by atoms with Gasteiger partial charge < -0.3 is 19.3 Å². The smallest absolute Gasteiger partial charge is 0.373 e. The van der Waals surface area contributed by atoms with E-state index in [1.165, 1.54) is 19.0 Å². The Morgan fingerprint density at radius 1 is 1.21 bits per heavy atom. The van der Waals surface area contributed by atoms with E-state index < -0.39 is 48.5 Å². The molecule has 106 valence electrons. The molecule has 0 aromatic heterocycles. The molecule has 2 heterocycles. The summed E-state index contributed by atoms with van der Waals surface area (Å²) in [4.78, 5) is 36.4. The van der Waals surface area contributed by atoms with Gasteiger partial charge in [0.15, 0.2) is 5.60 Å². The molecule has 2 bridgehead atoms. The predicted octanol–water partition coefficient (Wildman–Crippen LogP) is -2.35. The summed E-state index contributed by atoms with van der Waals surface area (Å²) >= 11 is 0. The number of hydrogen-bond acceptors (Lipinski definition) is 9. The lowest BCUT2D eigenvalue weighted by Gasteiger charge is -2.40. The minimum absolute atomic E-state index is 0.705. The summed E-state index contributed by atoms with van der Waals surface area (Å²) in [6.45, 7) is 0. The summed E-state index contributed by atoms with van der Waals surface area (Å²) in [5.41, 5.74) is 3.33. The van der Waals surface area contributed by atoms with Crippen molar-refractivity contribution >= 4 is 17.9 Å². The first-order valence-electron chi connectivity index (χ1n) is 5.50. The SMILES string of the molecule is CN(C)C12OC(=O)CC(O)(CC(=O)OC1N)C(=O)O2. The van der Waals surface area contributed by atoms with Crippen molar-refractivity contribution in [1.82, 2.24) is 4.90 Å². The van der Waals surface area contributed by atoms with Crippen molar-refractivity contribution in [3.05, 3.63) is 0 Å². The Kier molecular flexibility index (Phi) is 3.00. The molecule has 9 nitrogen and oxygen atoms in total. The molecule has 2 saturated heterocycles. The Morgan fingerprint density at radius 3 is 2.37 bits per heavy atom. The number of carbonyl (C=O) groups excluding carboxylic acids is 3. The van der Waals surface area contributed by atoms with E-state index in [-0.39, 0.29) is 0 Å². The van der Waals surface area contributed by atoms with E-state index in [1.807, 2.05) is 0 Å². The van der Waals surface area contributed by atoms with E-state index in [4.69, 9.17) is 19.9 Å². The van der Waals surface area contributed by atoms with Gasteiger partial charge in [-0.25, -0.2) is 9.69 Å². The summed E-state index contributed by atoms with van der Waals surface area (Å²) in [6, 6.07) is 0. The number of hydrogen-bond donors (Lipinski definition) is 2. The molecular weight excluding hydrogens is 260 g/mol. The number of nitrogens with zero attached hydrogens (tertiary/aromatic N) is 1. The highest BCUT2D eigenvalue weighted by Gasteiger charge is 2.60. The number of fused-ring (bicyclic) bond motifs is 3. The van der Waals surface area contributed by atoms with Gasteiger partial charge in [-0.2, -0.15) is 0 Å². The fourth-order valence-electron chi connectivity index (χ4n) is 1.94. The summed E-state index contributed by atoms with van der Waals surface area (Å²) in [6.07, 6.45) is -2.95. The molecule has 2 rings (SSSR count). The van der Waals surface area contributed by atoms with E-state index in [2.05, 4.69) is 0 Å². The Morgan fingerprint density at radius 2 is 1.79 bits per heavy atom. The predicted molar refractivity (Wildman–Crippen MR) is 56.9 cm³/mol. The van der Waals surface area contributed by atoms with Crippen molar-refractivity contribution < 1.29 is 33.7 Å². The van der Waals surface area contributed by atoms with Crippen LogP contribution in [0.25, 0.3) is 0 Å². The normalized spacial score (nSPS) is 39.0. The van der Waals surface area contributed by atoms with Crippen LogP contribution < -0.4 is 5.73 Å². The van der Waals surface area contributed by atoms with Gasteiger partial charge in [0.25, 0.3) is 0 Å². The van der Waals surface area contributed by atoms with Crippen molar-refractivity contribution in [1.29, 1.82) is 0 Å². The summed E-state index contributed by atoms with van der Waals surface area (Å²) in [5.74, 6) is -5.08. The van der Waals surface area contributed by atoms with Crippen molar-refractivity contribution in [2.45, 2.75) is 30.6 Å². The number of rotatable bonds is 1. The quantitative estimate of drug-likeness (QED) is 0.505. The second-order valence-corrected chi connectivity index (χ2v) is 4.68. The maximum Gasteiger partial charge on any atom is 0.373 e. The molecule has 0 saturated carbocycles. The molecule has 3 unspecified atom stereocenters. The summed E-state index contributed by atoms with van der Waals surface area (Å²) in [5, 5.41) is 10.1. The second kappa shape index (κ2) is 4.15. The fraction of sp³-hybridized carbons (Fsp3) is 0.700. The number of likely N-dealkylation sites (N-methyl/N-ethyl adjacent to an activating group) is 1. The van der Waals surface area contributed by atoms with Gasteiger partial charge >= 0.3 is 23.8 Å². The topological polar surface area (TPSA) is 128 Å². The van der Waals surface area contributed by atoms with Gasteiger partial charge in [0.1, 0.15) is 0 Å². The average molecular weight is 274 g/mol. The lowest BCUT2D eigenvalue weighted by molar-refractivity contribution is -0.317. The molecule has 0 aromatic rings. The standard InChI is InChI=1S/C10H14N2O7/c1-12(2)10-7(11)17-5(13)3-9(16,8(15)19-10)4-6(14)18-10/h7,16H,3-4,11H2,1-2H3. The number of aliphatic hydroxyl groups is 1. The largest absolute Gasteiger partial charge is 0.436 e. The molecule has 19 heavy (non-hydrogen) atoms. The van der Waals surface area contributed by atoms with E-state index in [0.29, 0.717) is 0 Å². The van der Waals surface area contributed by atoms with Crippen LogP contribution in [0.4, 0.5) is 0 Å². The number of ether oxygens (including phenoxy) is 3. The number of cyclic esters (lactones) is 1. The number of esters is 3. The van der Waals surface area contributed by atoms with Crippen molar-refractivity contribution in [2.24, 2.45) is 5.73 Å². The van der Waals surface area contributed by atoms with Crippen LogP contribution in [-0.2, 0) is 28.6 Å². The third kappa shape index (κ3) is 2.05. The average Bonchev–Trinajstić information content (AvgIpc) is 2.31. The number of nitrogens with two attached hydrogens (primary N) is 1. The van der Waals surface area contributed by atoms with Gasteiger partial charge in [0, 0.05) is 0 Å². The maximum atomic E-state index is 11.9. The zero-order valence-corrected chi connectivity index (χ0v) is 10.4. The lowest BCUT2D eigenvalue weighted by atomic mass is 9.96. The summed E-state index contributed by atoms with van der Waals surface area (Å²) in [7, 11) is 2.83. The lowest BCUT2D eigenvalue weighted by Crippen LogP contribution is -2.65. The van der Waals surface area contributed by atoms with Gasteiger partial charge in [-0.15, -0.1) is 0 Å². The molecule has 2 fully saturated rings. The van der Waals surface area contributed by atoms with Crippen molar-refractivity contribution in [2.75, 3.05) is 14.1 Å². The van der Waals surface area contributed by atoms with Gasteiger partial charge in [-0.1, -0.05) is 0 Å². The van der Waals surface area contributed by atoms with Gasteiger partial charge in [0.2, 0.25) is 6.23 Å².